The monoisotopic (exact) mass is 288 g/mol. The number of benzene rings is 1. The molecule has 0 spiro atoms. The number of carbonyl (C=O) groups excluding carboxylic acids is 2. The molecule has 2 rings (SSSR count). The first-order chi connectivity index (χ1) is 9.21. The van der Waals surface area contributed by atoms with E-state index in [0.717, 1.165) is 6.92 Å². The van der Waals surface area contributed by atoms with Gasteiger partial charge in [-0.2, -0.15) is 13.2 Å². The predicted octanol–water partition coefficient (Wildman–Crippen LogP) is 2.30. The van der Waals surface area contributed by atoms with Crippen molar-refractivity contribution in [1.82, 2.24) is 0 Å². The molecular weight excluding hydrogens is 277 g/mol. The van der Waals surface area contributed by atoms with Crippen LogP contribution < -0.4 is 4.74 Å². The first-order valence-electron chi connectivity index (χ1n) is 5.69. The van der Waals surface area contributed by atoms with Crippen LogP contribution in [-0.4, -0.2) is 30.6 Å². The predicted molar refractivity (Wildman–Crippen MR) is 61.6 cm³/mol. The molecule has 0 saturated heterocycles. The van der Waals surface area contributed by atoms with E-state index in [1.807, 2.05) is 0 Å². The third-order valence-electron chi connectivity index (χ3n) is 3.27. The van der Waals surface area contributed by atoms with Gasteiger partial charge in [0.2, 0.25) is 0 Å². The number of cyclic esters (lactones) is 1. The van der Waals surface area contributed by atoms with Crippen LogP contribution in [0, 0.1) is 0 Å². The molecule has 0 aliphatic carbocycles. The van der Waals surface area contributed by atoms with Crippen molar-refractivity contribution >= 4 is 11.8 Å². The third kappa shape index (κ3) is 2.03. The van der Waals surface area contributed by atoms with E-state index < -0.39 is 30.0 Å². The number of halogens is 3. The summed E-state index contributed by atoms with van der Waals surface area (Å²) in [4.78, 5) is 23.2. The largest absolute Gasteiger partial charge is 0.497 e. The Kier molecular flexibility index (Phi) is 3.23. The molecule has 0 N–H and O–H groups in total. The minimum Gasteiger partial charge on any atom is -0.497 e. The second-order valence-corrected chi connectivity index (χ2v) is 4.47. The topological polar surface area (TPSA) is 52.6 Å². The Morgan fingerprint density at radius 2 is 2.05 bits per heavy atom. The lowest BCUT2D eigenvalue weighted by molar-refractivity contribution is -0.250. The second-order valence-electron chi connectivity index (χ2n) is 4.47. The fourth-order valence-electron chi connectivity index (χ4n) is 2.11. The van der Waals surface area contributed by atoms with Crippen LogP contribution in [0.4, 0.5) is 13.2 Å². The summed E-state index contributed by atoms with van der Waals surface area (Å²) in [6.45, 7) is 0.756. The van der Waals surface area contributed by atoms with Gasteiger partial charge in [-0.25, -0.2) is 4.79 Å². The van der Waals surface area contributed by atoms with Gasteiger partial charge in [-0.1, -0.05) is 0 Å². The number of alkyl halides is 3. The molecule has 1 atom stereocenters. The van der Waals surface area contributed by atoms with Gasteiger partial charge in [-0.3, -0.25) is 4.79 Å². The zero-order chi connectivity index (χ0) is 15.1. The van der Waals surface area contributed by atoms with E-state index in [1.54, 1.807) is 0 Å². The Balaban J connectivity index is 2.58. The molecule has 1 aliphatic heterocycles. The van der Waals surface area contributed by atoms with Gasteiger partial charge in [0, 0.05) is 6.42 Å². The molecule has 1 unspecified atom stereocenters. The Hall–Kier alpha value is -2.05. The number of rotatable bonds is 2. The van der Waals surface area contributed by atoms with Crippen molar-refractivity contribution in [3.05, 3.63) is 29.3 Å². The van der Waals surface area contributed by atoms with Crippen molar-refractivity contribution < 1.29 is 32.2 Å². The molecule has 7 heteroatoms. The van der Waals surface area contributed by atoms with Crippen molar-refractivity contribution in [2.24, 2.45) is 0 Å². The van der Waals surface area contributed by atoms with Crippen molar-refractivity contribution in [2.45, 2.75) is 25.1 Å². The van der Waals surface area contributed by atoms with Crippen LogP contribution in [0.5, 0.6) is 5.75 Å². The molecule has 1 aromatic carbocycles. The number of hydrogen-bond acceptors (Lipinski definition) is 4. The minimum absolute atomic E-state index is 0.00641. The van der Waals surface area contributed by atoms with Crippen LogP contribution in [0.25, 0.3) is 0 Å². The van der Waals surface area contributed by atoms with Gasteiger partial charge in [0.05, 0.1) is 12.7 Å². The summed E-state index contributed by atoms with van der Waals surface area (Å²) in [7, 11) is 1.35. The van der Waals surface area contributed by atoms with Gasteiger partial charge < -0.3 is 9.47 Å². The number of ketones is 1. The highest BCUT2D eigenvalue weighted by atomic mass is 19.4. The van der Waals surface area contributed by atoms with Gasteiger partial charge in [-0.05, 0) is 30.7 Å². The lowest BCUT2D eigenvalue weighted by Gasteiger charge is -2.36. The van der Waals surface area contributed by atoms with Gasteiger partial charge >= 0.3 is 12.1 Å². The van der Waals surface area contributed by atoms with Crippen LogP contribution in [0.15, 0.2) is 18.2 Å². The van der Waals surface area contributed by atoms with Gasteiger partial charge in [-0.15, -0.1) is 0 Å². The maximum atomic E-state index is 13.2. The molecule has 0 aromatic heterocycles. The van der Waals surface area contributed by atoms with Crippen molar-refractivity contribution in [2.75, 3.05) is 7.11 Å². The second kappa shape index (κ2) is 4.50. The van der Waals surface area contributed by atoms with Crippen LogP contribution in [0.3, 0.4) is 0 Å². The molecule has 0 fully saturated rings. The van der Waals surface area contributed by atoms with Crippen LogP contribution in [-0.2, 0) is 16.0 Å². The summed E-state index contributed by atoms with van der Waals surface area (Å²) in [6.07, 6.45) is -5.72. The SMILES string of the molecule is COc1ccc2c(c1)CC(C(C)=O)(C(F)(F)F)OC2=O. The number of Topliss-reactive ketones (excluding diaryl/α,β-unsaturated/α-hetero) is 1. The fourth-order valence-corrected chi connectivity index (χ4v) is 2.11. The van der Waals surface area contributed by atoms with Gasteiger partial charge in [0.25, 0.3) is 5.60 Å². The molecule has 1 aliphatic rings. The zero-order valence-electron chi connectivity index (χ0n) is 10.7. The molecule has 1 heterocycles. The Bertz CT molecular complexity index is 579. The zero-order valence-corrected chi connectivity index (χ0v) is 10.7. The highest BCUT2D eigenvalue weighted by Crippen LogP contribution is 2.42. The summed E-state index contributed by atoms with van der Waals surface area (Å²) in [6, 6.07) is 4.06. The van der Waals surface area contributed by atoms with E-state index in [2.05, 4.69) is 4.74 Å². The molecular formula is C13H11F3O4. The number of fused-ring (bicyclic) bond motifs is 1. The van der Waals surface area contributed by atoms with Crippen molar-refractivity contribution in [1.29, 1.82) is 0 Å². The number of carbonyl (C=O) groups is 2. The minimum atomic E-state index is -4.98. The third-order valence-corrected chi connectivity index (χ3v) is 3.27. The molecule has 0 radical (unpaired) electrons. The maximum Gasteiger partial charge on any atom is 0.436 e. The quantitative estimate of drug-likeness (QED) is 0.784. The lowest BCUT2D eigenvalue weighted by Crippen LogP contribution is -2.58. The first-order valence-corrected chi connectivity index (χ1v) is 5.69. The molecule has 20 heavy (non-hydrogen) atoms. The number of methoxy groups -OCH3 is 1. The Labute approximate surface area is 112 Å². The van der Waals surface area contributed by atoms with E-state index in [9.17, 15) is 22.8 Å². The van der Waals surface area contributed by atoms with Crippen LogP contribution in [0.2, 0.25) is 0 Å². The summed E-state index contributed by atoms with van der Waals surface area (Å²) >= 11 is 0. The van der Waals surface area contributed by atoms with Crippen molar-refractivity contribution in [3.8, 4) is 5.75 Å². The normalized spacial score (nSPS) is 21.9. The molecule has 1 aromatic rings. The Morgan fingerprint density at radius 3 is 2.55 bits per heavy atom. The number of esters is 1. The van der Waals surface area contributed by atoms with E-state index in [1.165, 1.54) is 25.3 Å². The number of ether oxygens (including phenoxy) is 2. The summed E-state index contributed by atoms with van der Waals surface area (Å²) < 4.78 is 48.9. The highest BCUT2D eigenvalue weighted by Gasteiger charge is 2.63. The standard InChI is InChI=1S/C13H11F3O4/c1-7(17)12(13(14,15)16)6-8-5-9(19-2)3-4-10(8)11(18)20-12/h3-5H,6H2,1-2H3. The highest BCUT2D eigenvalue weighted by molar-refractivity contribution is 5.98. The van der Waals surface area contributed by atoms with E-state index >= 15 is 0 Å². The summed E-state index contributed by atoms with van der Waals surface area (Å²) in [5, 5.41) is 0. The lowest BCUT2D eigenvalue weighted by atomic mass is 9.85. The van der Waals surface area contributed by atoms with E-state index in [4.69, 9.17) is 4.74 Å². The first kappa shape index (κ1) is 14.4. The van der Waals surface area contributed by atoms with Crippen molar-refractivity contribution in [3.63, 3.8) is 0 Å². The maximum absolute atomic E-state index is 13.2. The Morgan fingerprint density at radius 1 is 1.40 bits per heavy atom. The molecule has 0 saturated carbocycles. The fraction of sp³-hybridized carbons (Fsp3) is 0.385. The molecule has 0 bridgehead atoms. The van der Waals surface area contributed by atoms with E-state index in [-0.39, 0.29) is 11.1 Å². The summed E-state index contributed by atoms with van der Waals surface area (Å²) in [5.74, 6) is -2.12. The van der Waals surface area contributed by atoms with Crippen LogP contribution in [0.1, 0.15) is 22.8 Å². The smallest absolute Gasteiger partial charge is 0.436 e. The summed E-state index contributed by atoms with van der Waals surface area (Å²) in [5.41, 5.74) is -3.04. The van der Waals surface area contributed by atoms with Gasteiger partial charge in [0.1, 0.15) is 5.75 Å². The number of hydrogen-bond donors (Lipinski definition) is 0. The van der Waals surface area contributed by atoms with Crippen LogP contribution >= 0.6 is 0 Å². The van der Waals surface area contributed by atoms with Gasteiger partial charge in [0.15, 0.2) is 5.78 Å². The molecule has 108 valence electrons. The average Bonchev–Trinajstić information content (AvgIpc) is 2.36. The average molecular weight is 288 g/mol. The molecule has 4 nitrogen and oxygen atoms in total. The van der Waals surface area contributed by atoms with E-state index in [0.29, 0.717) is 5.75 Å². The molecule has 0 amide bonds.